The van der Waals surface area contributed by atoms with Gasteiger partial charge in [-0.1, -0.05) is 17.7 Å². The van der Waals surface area contributed by atoms with Crippen molar-refractivity contribution < 1.29 is 19.0 Å². The SMILES string of the molecule is N#Cc1ccc(Oc2cccc(C(=O)Nc3cc4c(cc3Cl)OCCO4)c2)cc1. The third-order valence-corrected chi connectivity index (χ3v) is 4.51. The number of hydrogen-bond donors (Lipinski definition) is 1. The molecular weight excluding hydrogens is 392 g/mol. The maximum Gasteiger partial charge on any atom is 0.255 e. The van der Waals surface area contributed by atoms with Crippen LogP contribution in [0.3, 0.4) is 0 Å². The largest absolute Gasteiger partial charge is 0.486 e. The molecule has 1 amide bonds. The Morgan fingerprint density at radius 3 is 2.45 bits per heavy atom. The molecule has 4 rings (SSSR count). The van der Waals surface area contributed by atoms with Crippen molar-refractivity contribution in [3.05, 3.63) is 76.8 Å². The average Bonchev–Trinajstić information content (AvgIpc) is 2.75. The highest BCUT2D eigenvalue weighted by molar-refractivity contribution is 6.34. The predicted molar refractivity (Wildman–Crippen MR) is 108 cm³/mol. The summed E-state index contributed by atoms with van der Waals surface area (Å²) in [6, 6.07) is 18.8. The van der Waals surface area contributed by atoms with E-state index < -0.39 is 0 Å². The topological polar surface area (TPSA) is 80.6 Å². The second-order valence-corrected chi connectivity index (χ2v) is 6.60. The van der Waals surface area contributed by atoms with Gasteiger partial charge in [-0.05, 0) is 42.5 Å². The summed E-state index contributed by atoms with van der Waals surface area (Å²) >= 11 is 6.26. The maximum atomic E-state index is 12.7. The molecule has 3 aromatic rings. The Bertz CT molecular complexity index is 1110. The number of ether oxygens (including phenoxy) is 3. The van der Waals surface area contributed by atoms with Gasteiger partial charge in [0.15, 0.2) is 11.5 Å². The molecule has 3 aromatic carbocycles. The van der Waals surface area contributed by atoms with E-state index in [1.807, 2.05) is 0 Å². The van der Waals surface area contributed by atoms with Crippen molar-refractivity contribution in [2.45, 2.75) is 0 Å². The lowest BCUT2D eigenvalue weighted by molar-refractivity contribution is 0.102. The standard InChI is InChI=1S/C22H15ClN2O4/c23-18-11-20-21(28-9-8-27-20)12-19(18)25-22(26)15-2-1-3-17(10-15)29-16-6-4-14(13-24)5-7-16/h1-7,10-12H,8-9H2,(H,25,26). The van der Waals surface area contributed by atoms with Crippen molar-refractivity contribution in [1.29, 1.82) is 5.26 Å². The van der Waals surface area contributed by atoms with Crippen molar-refractivity contribution in [3.63, 3.8) is 0 Å². The lowest BCUT2D eigenvalue weighted by atomic mass is 10.2. The number of rotatable bonds is 4. The number of hydrogen-bond acceptors (Lipinski definition) is 5. The molecule has 1 heterocycles. The molecule has 0 aliphatic carbocycles. The fraction of sp³-hybridized carbons (Fsp3) is 0.0909. The predicted octanol–water partition coefficient (Wildman–Crippen LogP) is 5.03. The van der Waals surface area contributed by atoms with Gasteiger partial charge in [0.05, 0.1) is 22.3 Å². The number of carbonyl (C=O) groups is 1. The first-order chi connectivity index (χ1) is 14.1. The van der Waals surface area contributed by atoms with Crippen molar-refractivity contribution in [2.75, 3.05) is 18.5 Å². The van der Waals surface area contributed by atoms with Crippen LogP contribution in [0.4, 0.5) is 5.69 Å². The molecule has 7 heteroatoms. The molecule has 1 aliphatic heterocycles. The quantitative estimate of drug-likeness (QED) is 0.657. The van der Waals surface area contributed by atoms with E-state index in [1.165, 1.54) is 0 Å². The molecule has 0 unspecified atom stereocenters. The first kappa shape index (κ1) is 18.7. The third-order valence-electron chi connectivity index (χ3n) is 4.20. The summed E-state index contributed by atoms with van der Waals surface area (Å²) in [4.78, 5) is 12.7. The monoisotopic (exact) mass is 406 g/mol. The van der Waals surface area contributed by atoms with E-state index in [9.17, 15) is 4.79 Å². The highest BCUT2D eigenvalue weighted by Crippen LogP contribution is 2.38. The summed E-state index contributed by atoms with van der Waals surface area (Å²) in [6.45, 7) is 0.901. The van der Waals surface area contributed by atoms with E-state index in [-0.39, 0.29) is 5.91 Å². The van der Waals surface area contributed by atoms with Gasteiger partial charge in [-0.2, -0.15) is 5.26 Å². The Morgan fingerprint density at radius 2 is 1.72 bits per heavy atom. The van der Waals surface area contributed by atoms with Gasteiger partial charge in [-0.25, -0.2) is 0 Å². The zero-order chi connectivity index (χ0) is 20.2. The zero-order valence-electron chi connectivity index (χ0n) is 15.1. The summed E-state index contributed by atoms with van der Waals surface area (Å²) in [5, 5.41) is 12.0. The Labute approximate surface area is 172 Å². The lowest BCUT2D eigenvalue weighted by Gasteiger charge is -2.20. The Hall–Kier alpha value is -3.69. The number of nitriles is 1. The van der Waals surface area contributed by atoms with Crippen molar-refractivity contribution in [3.8, 4) is 29.1 Å². The molecule has 1 N–H and O–H groups in total. The molecule has 0 saturated carbocycles. The second-order valence-electron chi connectivity index (χ2n) is 6.20. The molecule has 0 radical (unpaired) electrons. The molecule has 0 bridgehead atoms. The summed E-state index contributed by atoms with van der Waals surface area (Å²) in [7, 11) is 0. The van der Waals surface area contributed by atoms with Crippen LogP contribution in [0.2, 0.25) is 5.02 Å². The van der Waals surface area contributed by atoms with Crippen LogP contribution < -0.4 is 19.5 Å². The molecular formula is C22H15ClN2O4. The number of halogens is 1. The molecule has 0 aromatic heterocycles. The molecule has 29 heavy (non-hydrogen) atoms. The van der Waals surface area contributed by atoms with Crippen molar-refractivity contribution in [2.24, 2.45) is 0 Å². The lowest BCUT2D eigenvalue weighted by Crippen LogP contribution is -2.17. The van der Waals surface area contributed by atoms with Gasteiger partial charge in [-0.3, -0.25) is 4.79 Å². The van der Waals surface area contributed by atoms with Gasteiger partial charge >= 0.3 is 0 Å². The molecule has 0 saturated heterocycles. The minimum absolute atomic E-state index is 0.339. The first-order valence-corrected chi connectivity index (χ1v) is 9.19. The van der Waals surface area contributed by atoms with Crippen LogP contribution in [0.25, 0.3) is 0 Å². The van der Waals surface area contributed by atoms with Gasteiger partial charge in [0.2, 0.25) is 0 Å². The molecule has 0 fully saturated rings. The fourth-order valence-corrected chi connectivity index (χ4v) is 2.99. The molecule has 144 valence electrons. The maximum absolute atomic E-state index is 12.7. The smallest absolute Gasteiger partial charge is 0.255 e. The van der Waals surface area contributed by atoms with E-state index in [2.05, 4.69) is 11.4 Å². The Balaban J connectivity index is 1.50. The first-order valence-electron chi connectivity index (χ1n) is 8.81. The van der Waals surface area contributed by atoms with Gasteiger partial charge in [0, 0.05) is 17.7 Å². The number of amides is 1. The summed E-state index contributed by atoms with van der Waals surface area (Å²) in [5.41, 5.74) is 1.38. The fourth-order valence-electron chi connectivity index (χ4n) is 2.79. The van der Waals surface area contributed by atoms with Crippen LogP contribution in [0, 0.1) is 11.3 Å². The molecule has 0 atom stereocenters. The Kier molecular flexibility index (Phi) is 5.23. The minimum atomic E-state index is -0.339. The minimum Gasteiger partial charge on any atom is -0.486 e. The number of nitrogens with one attached hydrogen (secondary N) is 1. The summed E-state index contributed by atoms with van der Waals surface area (Å²) in [6.07, 6.45) is 0. The average molecular weight is 407 g/mol. The normalized spacial score (nSPS) is 12.0. The number of benzene rings is 3. The highest BCUT2D eigenvalue weighted by Gasteiger charge is 2.17. The van der Waals surface area contributed by atoms with Crippen LogP contribution in [-0.4, -0.2) is 19.1 Å². The summed E-state index contributed by atoms with van der Waals surface area (Å²) < 4.78 is 16.8. The third kappa shape index (κ3) is 4.26. The molecule has 1 aliphatic rings. The van der Waals surface area contributed by atoms with Crippen molar-refractivity contribution in [1.82, 2.24) is 0 Å². The van der Waals surface area contributed by atoms with E-state index >= 15 is 0 Å². The molecule has 0 spiro atoms. The number of fused-ring (bicyclic) bond motifs is 1. The zero-order valence-corrected chi connectivity index (χ0v) is 15.9. The van der Waals surface area contributed by atoms with E-state index in [4.69, 9.17) is 31.1 Å². The van der Waals surface area contributed by atoms with E-state index in [0.29, 0.717) is 58.0 Å². The van der Waals surface area contributed by atoms with E-state index in [0.717, 1.165) is 0 Å². The molecule has 6 nitrogen and oxygen atoms in total. The summed E-state index contributed by atoms with van der Waals surface area (Å²) in [5.74, 6) is 1.81. The van der Waals surface area contributed by atoms with Crippen molar-refractivity contribution >= 4 is 23.2 Å². The second kappa shape index (κ2) is 8.13. The van der Waals surface area contributed by atoms with Crippen LogP contribution in [0.15, 0.2) is 60.7 Å². The van der Waals surface area contributed by atoms with Crippen LogP contribution in [0.1, 0.15) is 15.9 Å². The van der Waals surface area contributed by atoms with Gasteiger partial charge in [0.25, 0.3) is 5.91 Å². The van der Waals surface area contributed by atoms with E-state index in [1.54, 1.807) is 60.7 Å². The Morgan fingerprint density at radius 1 is 1.00 bits per heavy atom. The number of anilines is 1. The van der Waals surface area contributed by atoms with Crippen LogP contribution in [-0.2, 0) is 0 Å². The van der Waals surface area contributed by atoms with Gasteiger partial charge in [-0.15, -0.1) is 0 Å². The van der Waals surface area contributed by atoms with Crippen LogP contribution >= 0.6 is 11.6 Å². The van der Waals surface area contributed by atoms with Gasteiger partial charge in [0.1, 0.15) is 24.7 Å². The number of carbonyl (C=O) groups excluding carboxylic acids is 1. The number of nitrogens with zero attached hydrogens (tertiary/aromatic N) is 1. The van der Waals surface area contributed by atoms with Gasteiger partial charge < -0.3 is 19.5 Å². The van der Waals surface area contributed by atoms with Crippen LogP contribution in [0.5, 0.6) is 23.0 Å². The highest BCUT2D eigenvalue weighted by atomic mass is 35.5.